The summed E-state index contributed by atoms with van der Waals surface area (Å²) in [7, 11) is 1.17. The number of alkyl halides is 2. The molecule has 0 heterocycles. The third-order valence-corrected chi connectivity index (χ3v) is 4.37. The quantitative estimate of drug-likeness (QED) is 0.226. The van der Waals surface area contributed by atoms with Gasteiger partial charge in [0.15, 0.2) is 11.5 Å². The number of carbonyl (C=O) groups is 2. The van der Waals surface area contributed by atoms with Crippen LogP contribution in [0.3, 0.4) is 0 Å². The van der Waals surface area contributed by atoms with Gasteiger partial charge in [0.25, 0.3) is 11.6 Å². The number of amides is 1. The van der Waals surface area contributed by atoms with Crippen molar-refractivity contribution in [2.75, 3.05) is 13.7 Å². The van der Waals surface area contributed by atoms with E-state index < -0.39 is 35.5 Å². The van der Waals surface area contributed by atoms with Gasteiger partial charge in [0.2, 0.25) is 0 Å². The molecule has 0 saturated carbocycles. The van der Waals surface area contributed by atoms with Crippen LogP contribution in [0.2, 0.25) is 5.02 Å². The highest BCUT2D eigenvalue weighted by atomic mass is 35.5. The van der Waals surface area contributed by atoms with Gasteiger partial charge in [0, 0.05) is 23.6 Å². The first-order valence-electron chi connectivity index (χ1n) is 9.20. The van der Waals surface area contributed by atoms with E-state index in [0.717, 1.165) is 12.1 Å². The zero-order valence-corrected chi connectivity index (χ0v) is 17.6. The van der Waals surface area contributed by atoms with E-state index in [0.29, 0.717) is 10.6 Å². The highest BCUT2D eigenvalue weighted by Crippen LogP contribution is 2.36. The van der Waals surface area contributed by atoms with Crippen LogP contribution in [0.25, 0.3) is 0 Å². The predicted molar refractivity (Wildman–Crippen MR) is 109 cm³/mol. The van der Waals surface area contributed by atoms with Gasteiger partial charge in [0.1, 0.15) is 6.61 Å². The third-order valence-electron chi connectivity index (χ3n) is 4.12. The van der Waals surface area contributed by atoms with Crippen molar-refractivity contribution in [1.29, 1.82) is 0 Å². The second-order valence-corrected chi connectivity index (χ2v) is 6.73. The van der Waals surface area contributed by atoms with Crippen molar-refractivity contribution in [2.24, 2.45) is 0 Å². The van der Waals surface area contributed by atoms with E-state index in [4.69, 9.17) is 21.1 Å². The zero-order chi connectivity index (χ0) is 23.7. The average molecular weight is 473 g/mol. The lowest BCUT2D eigenvalue weighted by Crippen LogP contribution is -2.25. The molecule has 9 nitrogen and oxygen atoms in total. The van der Waals surface area contributed by atoms with Crippen LogP contribution in [-0.4, -0.2) is 37.1 Å². The van der Waals surface area contributed by atoms with Gasteiger partial charge in [-0.05, 0) is 36.8 Å². The lowest BCUT2D eigenvalue weighted by atomic mass is 10.1. The Bertz CT molecular complexity index is 971. The molecule has 32 heavy (non-hydrogen) atoms. The van der Waals surface area contributed by atoms with Gasteiger partial charge < -0.3 is 19.5 Å². The molecule has 0 saturated heterocycles. The monoisotopic (exact) mass is 472 g/mol. The average Bonchev–Trinajstić information content (AvgIpc) is 2.75. The van der Waals surface area contributed by atoms with E-state index in [9.17, 15) is 28.5 Å². The number of nitro benzene ring substituents is 1. The molecule has 0 atom stereocenters. The Morgan fingerprint density at radius 1 is 1.19 bits per heavy atom. The Kier molecular flexibility index (Phi) is 9.14. The minimum absolute atomic E-state index is 0.0571. The number of ether oxygens (including phenoxy) is 3. The van der Waals surface area contributed by atoms with Crippen LogP contribution in [0, 0.1) is 10.1 Å². The number of nitrogens with one attached hydrogen (secondary N) is 1. The minimum atomic E-state index is -3.20. The molecule has 12 heteroatoms. The standard InChI is InChI=1S/C20H19ClF2N2O7/c1-30-16-9-13(15(25(28)29)10-17(16)32-20(22)23)11-31-18(26)3-2-8-24-19(27)12-4-6-14(21)7-5-12/h4-7,9-10,20H,2-3,8,11H2,1H3,(H,24,27). The summed E-state index contributed by atoms with van der Waals surface area (Å²) in [5.41, 5.74) is -0.208. The molecule has 1 N–H and O–H groups in total. The van der Waals surface area contributed by atoms with E-state index in [1.165, 1.54) is 7.11 Å². The molecule has 0 fully saturated rings. The van der Waals surface area contributed by atoms with E-state index in [-0.39, 0.29) is 36.6 Å². The van der Waals surface area contributed by atoms with Crippen LogP contribution in [0.4, 0.5) is 14.5 Å². The van der Waals surface area contributed by atoms with E-state index in [1.54, 1.807) is 24.3 Å². The molecule has 0 bridgehead atoms. The van der Waals surface area contributed by atoms with E-state index in [1.807, 2.05) is 0 Å². The molecule has 0 spiro atoms. The summed E-state index contributed by atoms with van der Waals surface area (Å²) in [6.45, 7) is -3.48. The Morgan fingerprint density at radius 3 is 2.47 bits per heavy atom. The van der Waals surface area contributed by atoms with Gasteiger partial charge >= 0.3 is 12.6 Å². The van der Waals surface area contributed by atoms with Gasteiger partial charge in [-0.25, -0.2) is 0 Å². The first-order valence-corrected chi connectivity index (χ1v) is 9.58. The van der Waals surface area contributed by atoms with Crippen molar-refractivity contribution in [3.8, 4) is 11.5 Å². The number of carbonyl (C=O) groups excluding carboxylic acids is 2. The summed E-state index contributed by atoms with van der Waals surface area (Å²) in [6.07, 6.45) is 0.211. The molecule has 0 aliphatic heterocycles. The van der Waals surface area contributed by atoms with Crippen molar-refractivity contribution >= 4 is 29.2 Å². The largest absolute Gasteiger partial charge is 0.493 e. The van der Waals surface area contributed by atoms with Gasteiger partial charge in [-0.3, -0.25) is 19.7 Å². The number of hydrogen-bond acceptors (Lipinski definition) is 7. The molecule has 0 aliphatic rings. The number of nitro groups is 1. The maximum absolute atomic E-state index is 12.5. The summed E-state index contributed by atoms with van der Waals surface area (Å²) in [6, 6.07) is 8.15. The molecule has 1 amide bonds. The summed E-state index contributed by atoms with van der Waals surface area (Å²) in [4.78, 5) is 34.3. The molecule has 172 valence electrons. The predicted octanol–water partition coefficient (Wildman–Crippen LogP) is 4.11. The molecule has 2 aromatic carbocycles. The van der Waals surface area contributed by atoms with Crippen LogP contribution < -0.4 is 14.8 Å². The van der Waals surface area contributed by atoms with E-state index >= 15 is 0 Å². The number of nitrogens with zero attached hydrogens (tertiary/aromatic N) is 1. The lowest BCUT2D eigenvalue weighted by Gasteiger charge is -2.12. The molecular formula is C20H19ClF2N2O7. The van der Waals surface area contributed by atoms with Crippen molar-refractivity contribution in [3.63, 3.8) is 0 Å². The Balaban J connectivity index is 1.88. The Morgan fingerprint density at radius 2 is 1.88 bits per heavy atom. The third kappa shape index (κ3) is 7.34. The van der Waals surface area contributed by atoms with Crippen LogP contribution >= 0.6 is 11.6 Å². The van der Waals surface area contributed by atoms with Crippen LogP contribution in [-0.2, 0) is 16.1 Å². The molecule has 0 unspecified atom stereocenters. The fourth-order valence-corrected chi connectivity index (χ4v) is 2.72. The maximum Gasteiger partial charge on any atom is 0.387 e. The second-order valence-electron chi connectivity index (χ2n) is 6.29. The lowest BCUT2D eigenvalue weighted by molar-refractivity contribution is -0.386. The number of benzene rings is 2. The highest BCUT2D eigenvalue weighted by Gasteiger charge is 2.22. The summed E-state index contributed by atoms with van der Waals surface area (Å²) < 4.78 is 39.1. The number of halogens is 3. The van der Waals surface area contributed by atoms with Crippen LogP contribution in [0.15, 0.2) is 36.4 Å². The summed E-state index contributed by atoms with van der Waals surface area (Å²) >= 11 is 5.76. The van der Waals surface area contributed by atoms with Crippen molar-refractivity contribution in [1.82, 2.24) is 5.32 Å². The van der Waals surface area contributed by atoms with Crippen molar-refractivity contribution in [3.05, 3.63) is 62.7 Å². The Hall–Kier alpha value is -3.47. The number of hydrogen-bond donors (Lipinski definition) is 1. The summed E-state index contributed by atoms with van der Waals surface area (Å²) in [5.74, 6) is -1.68. The normalized spacial score (nSPS) is 10.5. The molecule has 0 radical (unpaired) electrons. The van der Waals surface area contributed by atoms with Gasteiger partial charge in [-0.15, -0.1) is 0 Å². The maximum atomic E-state index is 12.5. The molecular weight excluding hydrogens is 454 g/mol. The molecule has 2 rings (SSSR count). The first kappa shape index (κ1) is 24.8. The van der Waals surface area contributed by atoms with Crippen molar-refractivity contribution in [2.45, 2.75) is 26.1 Å². The zero-order valence-electron chi connectivity index (χ0n) is 16.8. The van der Waals surface area contributed by atoms with E-state index in [2.05, 4.69) is 10.1 Å². The molecule has 0 aliphatic carbocycles. The number of rotatable bonds is 11. The first-order chi connectivity index (χ1) is 15.2. The number of esters is 1. The SMILES string of the molecule is COc1cc(COC(=O)CCCNC(=O)c2ccc(Cl)cc2)c([N+](=O)[O-])cc1OC(F)F. The number of methoxy groups -OCH3 is 1. The minimum Gasteiger partial charge on any atom is -0.493 e. The van der Waals surface area contributed by atoms with Crippen LogP contribution in [0.5, 0.6) is 11.5 Å². The topological polar surface area (TPSA) is 117 Å². The van der Waals surface area contributed by atoms with Gasteiger partial charge in [-0.1, -0.05) is 11.6 Å². The van der Waals surface area contributed by atoms with Crippen molar-refractivity contribution < 1.29 is 37.5 Å². The fourth-order valence-electron chi connectivity index (χ4n) is 2.59. The fraction of sp³-hybridized carbons (Fsp3) is 0.300. The van der Waals surface area contributed by atoms with Gasteiger partial charge in [0.05, 0.1) is 23.7 Å². The smallest absolute Gasteiger partial charge is 0.387 e. The van der Waals surface area contributed by atoms with Crippen LogP contribution in [0.1, 0.15) is 28.8 Å². The second kappa shape index (κ2) is 11.8. The molecule has 2 aromatic rings. The Labute approximate surface area is 186 Å². The summed E-state index contributed by atoms with van der Waals surface area (Å²) in [5, 5.41) is 14.4. The molecule has 0 aromatic heterocycles. The highest BCUT2D eigenvalue weighted by molar-refractivity contribution is 6.30. The van der Waals surface area contributed by atoms with Gasteiger partial charge in [-0.2, -0.15) is 8.78 Å².